The summed E-state index contributed by atoms with van der Waals surface area (Å²) in [5.41, 5.74) is 3.57. The molecule has 1 N–H and O–H groups in total. The van der Waals surface area contributed by atoms with Gasteiger partial charge in [-0.05, 0) is 82.0 Å². The average molecular weight is 726 g/mol. The number of hydrogen-bond donors (Lipinski definition) is 1. The smallest absolute Gasteiger partial charge is 0.338 e. The van der Waals surface area contributed by atoms with Crippen molar-refractivity contribution in [2.45, 2.75) is 19.6 Å². The van der Waals surface area contributed by atoms with E-state index in [1.54, 1.807) is 48.9 Å². The van der Waals surface area contributed by atoms with Gasteiger partial charge in [0.25, 0.3) is 5.56 Å². The first-order chi connectivity index (χ1) is 23.3. The van der Waals surface area contributed by atoms with Crippen LogP contribution in [0.15, 0.2) is 117 Å². The van der Waals surface area contributed by atoms with Crippen LogP contribution in [0.4, 0.5) is 0 Å². The maximum absolute atomic E-state index is 14.2. The van der Waals surface area contributed by atoms with Gasteiger partial charge in [0.05, 0.1) is 45.6 Å². The SMILES string of the molecule is CCOC(=O)C1=C(c2ccccc2)N=c2s/c(=C/c3ccc(OCc4ccc(C(=O)O)cc4)c(Br)c3)c(=O)n2[C@@H]1c1cccc(OC)c1. The molecule has 0 bridgehead atoms. The van der Waals surface area contributed by atoms with Crippen molar-refractivity contribution in [3.8, 4) is 11.5 Å². The summed E-state index contributed by atoms with van der Waals surface area (Å²) in [5, 5.41) is 9.12. The molecule has 6 rings (SSSR count). The van der Waals surface area contributed by atoms with Gasteiger partial charge in [0.1, 0.15) is 18.1 Å². The van der Waals surface area contributed by atoms with Gasteiger partial charge in [-0.3, -0.25) is 9.36 Å². The third kappa shape index (κ3) is 6.73. The zero-order valence-electron chi connectivity index (χ0n) is 25.9. The number of methoxy groups -OCH3 is 1. The van der Waals surface area contributed by atoms with Crippen LogP contribution in [0.2, 0.25) is 0 Å². The van der Waals surface area contributed by atoms with E-state index in [1.165, 1.54) is 23.5 Å². The van der Waals surface area contributed by atoms with Crippen molar-refractivity contribution in [1.29, 1.82) is 0 Å². The van der Waals surface area contributed by atoms with Crippen LogP contribution in [0.5, 0.6) is 11.5 Å². The number of carbonyl (C=O) groups excluding carboxylic acids is 1. The number of aromatic carboxylic acids is 1. The van der Waals surface area contributed by atoms with E-state index in [-0.39, 0.29) is 29.9 Å². The molecule has 1 aromatic heterocycles. The van der Waals surface area contributed by atoms with Gasteiger partial charge in [-0.2, -0.15) is 0 Å². The molecule has 0 aliphatic carbocycles. The number of carboxylic acids is 1. The zero-order chi connectivity index (χ0) is 33.8. The van der Waals surface area contributed by atoms with Crippen LogP contribution in [0.3, 0.4) is 0 Å². The number of esters is 1. The number of carboxylic acid groups (broad SMARTS) is 1. The molecule has 0 saturated carbocycles. The monoisotopic (exact) mass is 724 g/mol. The van der Waals surface area contributed by atoms with Gasteiger partial charge in [0, 0.05) is 5.56 Å². The Labute approximate surface area is 287 Å². The maximum atomic E-state index is 14.2. The molecule has 1 aliphatic rings. The fraction of sp³-hybridized carbons (Fsp3) is 0.135. The first-order valence-electron chi connectivity index (χ1n) is 14.9. The highest BCUT2D eigenvalue weighted by Crippen LogP contribution is 2.36. The first kappa shape index (κ1) is 32.7. The molecule has 1 atom stereocenters. The minimum absolute atomic E-state index is 0.158. The van der Waals surface area contributed by atoms with E-state index in [4.69, 9.17) is 24.3 Å². The van der Waals surface area contributed by atoms with E-state index in [0.717, 1.165) is 16.7 Å². The second kappa shape index (κ2) is 14.2. The van der Waals surface area contributed by atoms with Crippen molar-refractivity contribution in [1.82, 2.24) is 4.57 Å². The molecule has 4 aromatic carbocycles. The Morgan fingerprint density at radius 3 is 2.46 bits per heavy atom. The molecule has 0 fully saturated rings. The van der Waals surface area contributed by atoms with Gasteiger partial charge >= 0.3 is 11.9 Å². The van der Waals surface area contributed by atoms with Gasteiger partial charge in [-0.1, -0.05) is 72.0 Å². The predicted octanol–water partition coefficient (Wildman–Crippen LogP) is 5.98. The lowest BCUT2D eigenvalue weighted by Crippen LogP contribution is -2.40. The highest BCUT2D eigenvalue weighted by atomic mass is 79.9. The first-order valence-corrected chi connectivity index (χ1v) is 16.6. The number of ether oxygens (including phenoxy) is 3. The van der Waals surface area contributed by atoms with E-state index in [2.05, 4.69) is 15.9 Å². The fourth-order valence-electron chi connectivity index (χ4n) is 5.35. The number of aromatic nitrogens is 1. The summed E-state index contributed by atoms with van der Waals surface area (Å²) < 4.78 is 19.7. The van der Waals surface area contributed by atoms with E-state index >= 15 is 0 Å². The highest BCUT2D eigenvalue weighted by molar-refractivity contribution is 9.10. The quantitative estimate of drug-likeness (QED) is 0.176. The Balaban J connectivity index is 1.42. The van der Waals surface area contributed by atoms with Gasteiger partial charge in [0.2, 0.25) is 0 Å². The Kier molecular flexibility index (Phi) is 9.70. The second-order valence-electron chi connectivity index (χ2n) is 10.7. The number of carbonyl (C=O) groups is 2. The molecular weight excluding hydrogens is 696 g/mol. The summed E-state index contributed by atoms with van der Waals surface area (Å²) in [7, 11) is 1.56. The highest BCUT2D eigenvalue weighted by Gasteiger charge is 2.35. The number of thiazole rings is 1. The molecule has 48 heavy (non-hydrogen) atoms. The van der Waals surface area contributed by atoms with Crippen LogP contribution in [0.1, 0.15) is 45.6 Å². The Morgan fingerprint density at radius 1 is 1.00 bits per heavy atom. The standard InChI is InChI=1S/C37H29BrN2O7S/c1-3-46-36(44)31-32(24-8-5-4-6-9-24)39-37-40(33(31)26-10-7-11-27(20-26)45-2)34(41)30(48-37)19-23-14-17-29(28(38)18-23)47-21-22-12-15-25(16-13-22)35(42)43/h4-20,33H,3,21H2,1-2H3,(H,42,43)/b30-19+/t33-/m1/s1. The lowest BCUT2D eigenvalue weighted by Gasteiger charge is -2.26. The minimum atomic E-state index is -0.986. The normalized spacial score (nSPS) is 14.2. The summed E-state index contributed by atoms with van der Waals surface area (Å²) in [6.07, 6.45) is 1.78. The van der Waals surface area contributed by atoms with Gasteiger partial charge in [-0.25, -0.2) is 14.6 Å². The summed E-state index contributed by atoms with van der Waals surface area (Å²) in [4.78, 5) is 44.3. The summed E-state index contributed by atoms with van der Waals surface area (Å²) in [5.74, 6) is -0.374. The number of halogens is 1. The lowest BCUT2D eigenvalue weighted by molar-refractivity contribution is -0.138. The van der Waals surface area contributed by atoms with Crippen molar-refractivity contribution < 1.29 is 28.9 Å². The lowest BCUT2D eigenvalue weighted by atomic mass is 9.93. The Bertz CT molecular complexity index is 2220. The van der Waals surface area contributed by atoms with Crippen molar-refractivity contribution in [2.75, 3.05) is 13.7 Å². The van der Waals surface area contributed by atoms with Crippen LogP contribution < -0.4 is 24.4 Å². The molecule has 0 spiro atoms. The van der Waals surface area contributed by atoms with Gasteiger partial charge in [0.15, 0.2) is 4.80 Å². The molecule has 11 heteroatoms. The topological polar surface area (TPSA) is 116 Å². The van der Waals surface area contributed by atoms with Crippen molar-refractivity contribution >= 4 is 51.0 Å². The Hall–Kier alpha value is -5.26. The molecule has 9 nitrogen and oxygen atoms in total. The molecule has 0 unspecified atom stereocenters. The molecular formula is C37H29BrN2O7S. The molecule has 0 radical (unpaired) electrons. The zero-order valence-corrected chi connectivity index (χ0v) is 28.3. The van der Waals surface area contributed by atoms with Crippen molar-refractivity contribution in [2.24, 2.45) is 4.99 Å². The van der Waals surface area contributed by atoms with Gasteiger partial charge in [-0.15, -0.1) is 0 Å². The van der Waals surface area contributed by atoms with E-state index in [1.807, 2.05) is 60.7 Å². The third-order valence-electron chi connectivity index (χ3n) is 7.63. The van der Waals surface area contributed by atoms with E-state index < -0.39 is 18.0 Å². The molecule has 0 saturated heterocycles. The van der Waals surface area contributed by atoms with E-state index in [0.29, 0.717) is 36.6 Å². The van der Waals surface area contributed by atoms with Gasteiger partial charge < -0.3 is 19.3 Å². The maximum Gasteiger partial charge on any atom is 0.338 e. The summed E-state index contributed by atoms with van der Waals surface area (Å²) in [6.45, 7) is 2.14. The molecule has 242 valence electrons. The average Bonchev–Trinajstić information content (AvgIpc) is 3.41. The number of benzene rings is 4. The number of rotatable bonds is 10. The molecule has 2 heterocycles. The van der Waals surface area contributed by atoms with Crippen LogP contribution in [0, 0.1) is 0 Å². The number of fused-ring (bicyclic) bond motifs is 1. The summed E-state index contributed by atoms with van der Waals surface area (Å²) in [6, 6.07) is 27.8. The van der Waals surface area contributed by atoms with Crippen molar-refractivity contribution in [3.05, 3.63) is 155 Å². The fourth-order valence-corrected chi connectivity index (χ4v) is 6.86. The van der Waals surface area contributed by atoms with E-state index in [9.17, 15) is 14.4 Å². The molecule has 0 amide bonds. The van der Waals surface area contributed by atoms with Crippen molar-refractivity contribution in [3.63, 3.8) is 0 Å². The molecule has 5 aromatic rings. The third-order valence-corrected chi connectivity index (χ3v) is 9.23. The second-order valence-corrected chi connectivity index (χ2v) is 12.6. The Morgan fingerprint density at radius 2 is 1.77 bits per heavy atom. The number of hydrogen-bond acceptors (Lipinski definition) is 8. The predicted molar refractivity (Wildman–Crippen MR) is 186 cm³/mol. The van der Waals surface area contributed by atoms with Crippen LogP contribution in [-0.4, -0.2) is 35.3 Å². The van der Waals surface area contributed by atoms with Crippen LogP contribution >= 0.6 is 27.3 Å². The van der Waals surface area contributed by atoms with Crippen LogP contribution in [0.25, 0.3) is 11.8 Å². The minimum Gasteiger partial charge on any atom is -0.497 e. The number of nitrogens with zero attached hydrogens (tertiary/aromatic N) is 2. The largest absolute Gasteiger partial charge is 0.497 e. The molecule has 1 aliphatic heterocycles. The van der Waals surface area contributed by atoms with Crippen LogP contribution in [-0.2, 0) is 16.1 Å². The summed E-state index contributed by atoms with van der Waals surface area (Å²) >= 11 is 4.81.